The Hall–Kier alpha value is -2.48. The normalized spacial score (nSPS) is 16.9. The predicted octanol–water partition coefficient (Wildman–Crippen LogP) is 2.70. The number of thioether (sulfide) groups is 1. The Balaban J connectivity index is 2.04. The van der Waals surface area contributed by atoms with Gasteiger partial charge in [-0.15, -0.1) is 11.8 Å². The average molecular weight is 361 g/mol. The van der Waals surface area contributed by atoms with Gasteiger partial charge in [0.2, 0.25) is 5.91 Å². The minimum Gasteiger partial charge on any atom is -0.482 e. The van der Waals surface area contributed by atoms with Crippen molar-refractivity contribution in [1.82, 2.24) is 9.78 Å². The van der Waals surface area contributed by atoms with Crippen LogP contribution in [0, 0.1) is 0 Å². The number of rotatable bonds is 5. The Morgan fingerprint density at radius 3 is 2.92 bits per heavy atom. The Morgan fingerprint density at radius 1 is 1.44 bits per heavy atom. The Bertz CT molecular complexity index is 803. The van der Waals surface area contributed by atoms with Crippen LogP contribution in [0.2, 0.25) is 0 Å². The number of hydrogen-bond acceptors (Lipinski definition) is 5. The molecular weight excluding hydrogens is 342 g/mol. The molecule has 2 N–H and O–H groups in total. The molecule has 0 bridgehead atoms. The van der Waals surface area contributed by atoms with E-state index in [0.717, 1.165) is 11.1 Å². The maximum Gasteiger partial charge on any atom is 0.341 e. The predicted molar refractivity (Wildman–Crippen MR) is 95.1 cm³/mol. The molecule has 2 heterocycles. The van der Waals surface area contributed by atoms with Gasteiger partial charge in [-0.3, -0.25) is 4.79 Å². The number of carbonyl (C=O) groups excluding carboxylic acids is 1. The lowest BCUT2D eigenvalue weighted by atomic mass is 10.1. The van der Waals surface area contributed by atoms with E-state index in [1.165, 1.54) is 11.8 Å². The highest BCUT2D eigenvalue weighted by atomic mass is 32.2. The largest absolute Gasteiger partial charge is 0.482 e. The molecule has 3 rings (SSSR count). The minimum atomic E-state index is -1.03. The summed E-state index contributed by atoms with van der Waals surface area (Å²) in [6.45, 7) is 3.58. The van der Waals surface area contributed by atoms with Crippen LogP contribution in [0.5, 0.6) is 5.75 Å². The molecule has 1 aromatic carbocycles. The molecule has 0 fully saturated rings. The van der Waals surface area contributed by atoms with Crippen LogP contribution in [-0.4, -0.2) is 39.1 Å². The van der Waals surface area contributed by atoms with Gasteiger partial charge in [0, 0.05) is 17.2 Å². The van der Waals surface area contributed by atoms with E-state index in [0.29, 0.717) is 17.3 Å². The highest BCUT2D eigenvalue weighted by Crippen LogP contribution is 2.44. The van der Waals surface area contributed by atoms with Crippen molar-refractivity contribution in [2.24, 2.45) is 0 Å². The van der Waals surface area contributed by atoms with Crippen LogP contribution < -0.4 is 10.1 Å². The van der Waals surface area contributed by atoms with Crippen LogP contribution in [0.15, 0.2) is 30.5 Å². The zero-order valence-corrected chi connectivity index (χ0v) is 14.7. The van der Waals surface area contributed by atoms with E-state index < -0.39 is 12.6 Å². The van der Waals surface area contributed by atoms with Gasteiger partial charge in [-0.05, 0) is 19.9 Å². The lowest BCUT2D eigenvalue weighted by molar-refractivity contribution is -0.139. The molecule has 132 valence electrons. The molecule has 1 aromatic heterocycles. The Kier molecular flexibility index (Phi) is 4.98. The Labute approximate surface area is 149 Å². The summed E-state index contributed by atoms with van der Waals surface area (Å²) in [7, 11) is 0. The number of benzene rings is 1. The molecule has 1 aliphatic rings. The molecule has 0 saturated carbocycles. The number of ether oxygens (including phenoxy) is 1. The number of hydrogen-bond donors (Lipinski definition) is 2. The third-order valence-electron chi connectivity index (χ3n) is 3.79. The van der Waals surface area contributed by atoms with Crippen molar-refractivity contribution in [3.63, 3.8) is 0 Å². The average Bonchev–Trinajstić information content (AvgIpc) is 2.90. The number of fused-ring (bicyclic) bond motifs is 1. The zero-order chi connectivity index (χ0) is 18.0. The smallest absolute Gasteiger partial charge is 0.341 e. The fourth-order valence-corrected chi connectivity index (χ4v) is 3.85. The van der Waals surface area contributed by atoms with E-state index in [9.17, 15) is 9.59 Å². The summed E-state index contributed by atoms with van der Waals surface area (Å²) >= 11 is 1.47. The summed E-state index contributed by atoms with van der Waals surface area (Å²) in [5, 5.41) is 16.0. The number of aliphatic carboxylic acids is 1. The van der Waals surface area contributed by atoms with Gasteiger partial charge >= 0.3 is 5.97 Å². The summed E-state index contributed by atoms with van der Waals surface area (Å²) in [4.78, 5) is 23.0. The number of carboxylic acids is 1. The topological polar surface area (TPSA) is 93.5 Å². The van der Waals surface area contributed by atoms with Crippen LogP contribution >= 0.6 is 11.8 Å². The molecule has 25 heavy (non-hydrogen) atoms. The molecule has 1 amide bonds. The van der Waals surface area contributed by atoms with Gasteiger partial charge in [0.15, 0.2) is 6.61 Å². The molecule has 0 unspecified atom stereocenters. The SMILES string of the molecule is CC(C)n1ncc2c1NC(=O)CS[C@@H]2c1ccccc1OCC(=O)O. The van der Waals surface area contributed by atoms with E-state index >= 15 is 0 Å². The van der Waals surface area contributed by atoms with Crippen LogP contribution in [0.1, 0.15) is 36.3 Å². The van der Waals surface area contributed by atoms with Crippen LogP contribution in [0.25, 0.3) is 0 Å². The van der Waals surface area contributed by atoms with E-state index in [-0.39, 0.29) is 17.2 Å². The first-order chi connectivity index (χ1) is 12.0. The fourth-order valence-electron chi connectivity index (χ4n) is 2.73. The number of amides is 1. The van der Waals surface area contributed by atoms with Gasteiger partial charge in [0.05, 0.1) is 17.2 Å². The van der Waals surface area contributed by atoms with Gasteiger partial charge in [-0.25, -0.2) is 9.48 Å². The lowest BCUT2D eigenvalue weighted by Gasteiger charge is -2.18. The highest BCUT2D eigenvalue weighted by molar-refractivity contribution is 8.00. The molecule has 8 heteroatoms. The monoisotopic (exact) mass is 361 g/mol. The quantitative estimate of drug-likeness (QED) is 0.850. The van der Waals surface area contributed by atoms with Gasteiger partial charge in [0.25, 0.3) is 0 Å². The van der Waals surface area contributed by atoms with Crippen molar-refractivity contribution in [1.29, 1.82) is 0 Å². The second-order valence-electron chi connectivity index (χ2n) is 5.95. The number of nitrogens with zero attached hydrogens (tertiary/aromatic N) is 2. The number of aromatic nitrogens is 2. The summed E-state index contributed by atoms with van der Waals surface area (Å²) in [6.07, 6.45) is 1.76. The van der Waals surface area contributed by atoms with Gasteiger partial charge in [-0.2, -0.15) is 5.10 Å². The van der Waals surface area contributed by atoms with E-state index in [1.807, 2.05) is 26.0 Å². The first-order valence-electron chi connectivity index (χ1n) is 7.89. The summed E-state index contributed by atoms with van der Waals surface area (Å²) in [6, 6.07) is 7.40. The maximum atomic E-state index is 12.1. The van der Waals surface area contributed by atoms with E-state index in [1.54, 1.807) is 23.0 Å². The standard InChI is InChI=1S/C17H19N3O4S/c1-10(2)20-17-12(7-18-20)16(25-9-14(21)19-17)11-5-3-4-6-13(11)24-8-15(22)23/h3-7,10,16H,8-9H2,1-2H3,(H,19,21)(H,22,23)/t16-/m1/s1. The van der Waals surface area contributed by atoms with Gasteiger partial charge < -0.3 is 15.2 Å². The van der Waals surface area contributed by atoms with Crippen LogP contribution in [0.3, 0.4) is 0 Å². The van der Waals surface area contributed by atoms with Crippen molar-refractivity contribution in [3.8, 4) is 5.75 Å². The molecule has 2 aromatic rings. The molecular formula is C17H19N3O4S. The second-order valence-corrected chi connectivity index (χ2v) is 7.04. The van der Waals surface area contributed by atoms with Gasteiger partial charge in [0.1, 0.15) is 11.6 Å². The summed E-state index contributed by atoms with van der Waals surface area (Å²) < 4.78 is 7.23. The number of carbonyl (C=O) groups is 2. The fraction of sp³-hybridized carbons (Fsp3) is 0.353. The highest BCUT2D eigenvalue weighted by Gasteiger charge is 2.30. The molecule has 0 saturated heterocycles. The zero-order valence-electron chi connectivity index (χ0n) is 13.9. The third-order valence-corrected chi connectivity index (χ3v) is 5.06. The number of para-hydroxylation sites is 1. The molecule has 0 spiro atoms. The first-order valence-corrected chi connectivity index (χ1v) is 8.94. The van der Waals surface area contributed by atoms with Crippen LogP contribution in [-0.2, 0) is 9.59 Å². The number of anilines is 1. The van der Waals surface area contributed by atoms with Crippen LogP contribution in [0.4, 0.5) is 5.82 Å². The van der Waals surface area contributed by atoms with Crippen molar-refractivity contribution in [2.45, 2.75) is 25.1 Å². The lowest BCUT2D eigenvalue weighted by Crippen LogP contribution is -2.17. The first kappa shape index (κ1) is 17.3. The number of nitrogens with one attached hydrogen (secondary N) is 1. The molecule has 1 atom stereocenters. The van der Waals surface area contributed by atoms with Crippen molar-refractivity contribution in [2.75, 3.05) is 17.7 Å². The van der Waals surface area contributed by atoms with Crippen molar-refractivity contribution in [3.05, 3.63) is 41.6 Å². The van der Waals surface area contributed by atoms with Crippen molar-refractivity contribution < 1.29 is 19.4 Å². The molecule has 0 radical (unpaired) electrons. The minimum absolute atomic E-state index is 0.0833. The second kappa shape index (κ2) is 7.18. The third kappa shape index (κ3) is 3.63. The van der Waals surface area contributed by atoms with Gasteiger partial charge in [-0.1, -0.05) is 18.2 Å². The molecule has 7 nitrogen and oxygen atoms in total. The summed E-state index contributed by atoms with van der Waals surface area (Å²) in [5.41, 5.74) is 1.71. The molecule has 1 aliphatic heterocycles. The summed E-state index contributed by atoms with van der Waals surface area (Å²) in [5.74, 6) is 0.363. The maximum absolute atomic E-state index is 12.1. The van der Waals surface area contributed by atoms with E-state index in [4.69, 9.17) is 9.84 Å². The Morgan fingerprint density at radius 2 is 2.20 bits per heavy atom. The van der Waals surface area contributed by atoms with E-state index in [2.05, 4.69) is 10.4 Å². The van der Waals surface area contributed by atoms with Crippen molar-refractivity contribution >= 4 is 29.5 Å². The number of carboxylic acid groups (broad SMARTS) is 1. The molecule has 0 aliphatic carbocycles.